The predicted molar refractivity (Wildman–Crippen MR) is 72.4 cm³/mol. The number of carboxylic acids is 1. The summed E-state index contributed by atoms with van der Waals surface area (Å²) in [6.07, 6.45) is -3.26. The van der Waals surface area contributed by atoms with Gasteiger partial charge >= 0.3 is 12.1 Å². The average molecular weight is 345 g/mol. The fourth-order valence-electron chi connectivity index (χ4n) is 2.93. The molecule has 0 spiro atoms. The lowest BCUT2D eigenvalue weighted by molar-refractivity contribution is -0.145. The van der Waals surface area contributed by atoms with Gasteiger partial charge in [0.15, 0.2) is 0 Å². The molecule has 0 aromatic heterocycles. The van der Waals surface area contributed by atoms with Crippen molar-refractivity contribution in [2.24, 2.45) is 11.8 Å². The van der Waals surface area contributed by atoms with Crippen LogP contribution in [0.15, 0.2) is 30.4 Å². The number of rotatable bonds is 3. The number of hydrogen-bond acceptors (Lipinski definition) is 3. The first kappa shape index (κ1) is 16.4. The van der Waals surface area contributed by atoms with Crippen LogP contribution >= 0.6 is 0 Å². The van der Waals surface area contributed by atoms with Crippen molar-refractivity contribution < 1.29 is 37.0 Å². The normalized spacial score (nSPS) is 28.2. The van der Waals surface area contributed by atoms with Crippen LogP contribution in [0.2, 0.25) is 0 Å². The summed E-state index contributed by atoms with van der Waals surface area (Å²) in [7, 11) is 0. The zero-order valence-corrected chi connectivity index (χ0v) is 11.9. The summed E-state index contributed by atoms with van der Waals surface area (Å²) in [6, 6.07) is 1.60. The minimum atomic E-state index is -4.70. The van der Waals surface area contributed by atoms with Gasteiger partial charge in [0, 0.05) is 0 Å². The van der Waals surface area contributed by atoms with E-state index in [0.29, 0.717) is 18.2 Å². The van der Waals surface area contributed by atoms with E-state index in [4.69, 9.17) is 4.74 Å². The molecule has 1 aromatic carbocycles. The van der Waals surface area contributed by atoms with Crippen molar-refractivity contribution in [2.75, 3.05) is 5.32 Å². The summed E-state index contributed by atoms with van der Waals surface area (Å²) in [5.41, 5.74) is -1.79. The van der Waals surface area contributed by atoms with Crippen molar-refractivity contribution in [3.05, 3.63) is 41.7 Å². The average Bonchev–Trinajstić information content (AvgIpc) is 3.08. The largest absolute Gasteiger partial charge is 0.481 e. The van der Waals surface area contributed by atoms with Crippen LogP contribution in [0.4, 0.5) is 23.2 Å². The van der Waals surface area contributed by atoms with Gasteiger partial charge in [-0.2, -0.15) is 13.2 Å². The molecule has 2 bridgehead atoms. The molecule has 3 rings (SSSR count). The van der Waals surface area contributed by atoms with Crippen molar-refractivity contribution in [3.8, 4) is 0 Å². The van der Waals surface area contributed by atoms with Crippen LogP contribution in [0.25, 0.3) is 0 Å². The van der Waals surface area contributed by atoms with E-state index >= 15 is 0 Å². The molecule has 0 aliphatic carbocycles. The number of carbonyl (C=O) groups excluding carboxylic acids is 1. The zero-order valence-electron chi connectivity index (χ0n) is 11.9. The lowest BCUT2D eigenvalue weighted by Gasteiger charge is -2.21. The van der Waals surface area contributed by atoms with Crippen LogP contribution < -0.4 is 5.32 Å². The van der Waals surface area contributed by atoms with Crippen LogP contribution in [0.5, 0.6) is 0 Å². The van der Waals surface area contributed by atoms with Crippen molar-refractivity contribution in [1.29, 1.82) is 0 Å². The Morgan fingerprint density at radius 1 is 1.12 bits per heavy atom. The number of hydrogen-bond donors (Lipinski definition) is 2. The third kappa shape index (κ3) is 2.75. The number of ether oxygens (including phenoxy) is 1. The molecule has 0 radical (unpaired) electrons. The summed E-state index contributed by atoms with van der Waals surface area (Å²) in [4.78, 5) is 23.6. The number of aliphatic carboxylic acids is 1. The standard InChI is InChI=1S/C15H11F4NO4/c16-7-2-1-6(15(17,18)19)5-8(7)20-13(21)11-9-3-4-10(24-9)12(11)14(22)23/h1-5,9-12H,(H,20,21)(H,22,23)/t9-,10+,11-,12-/m0/s1. The number of carbonyl (C=O) groups is 2. The van der Waals surface area contributed by atoms with E-state index in [0.717, 1.165) is 0 Å². The van der Waals surface area contributed by atoms with Crippen molar-refractivity contribution in [3.63, 3.8) is 0 Å². The number of amides is 1. The molecule has 9 heteroatoms. The first-order chi connectivity index (χ1) is 11.2. The predicted octanol–water partition coefficient (Wildman–Crippen LogP) is 2.44. The Labute approximate surface area is 132 Å². The van der Waals surface area contributed by atoms with Gasteiger partial charge in [-0.05, 0) is 18.2 Å². The van der Waals surface area contributed by atoms with E-state index in [1.807, 2.05) is 5.32 Å². The molecule has 2 aliphatic rings. The van der Waals surface area contributed by atoms with Gasteiger partial charge in [-0.1, -0.05) is 12.2 Å². The van der Waals surface area contributed by atoms with Crippen LogP contribution in [0.3, 0.4) is 0 Å². The summed E-state index contributed by atoms with van der Waals surface area (Å²) < 4.78 is 57.1. The van der Waals surface area contributed by atoms with E-state index < -0.39 is 59.2 Å². The Morgan fingerprint density at radius 3 is 2.33 bits per heavy atom. The molecule has 1 aromatic rings. The Balaban J connectivity index is 1.85. The zero-order chi connectivity index (χ0) is 17.6. The molecule has 1 fully saturated rings. The highest BCUT2D eigenvalue weighted by molar-refractivity contribution is 5.96. The second kappa shape index (κ2) is 5.59. The second-order valence-corrected chi connectivity index (χ2v) is 5.52. The van der Waals surface area contributed by atoms with Crippen molar-refractivity contribution in [2.45, 2.75) is 18.4 Å². The molecule has 24 heavy (non-hydrogen) atoms. The van der Waals surface area contributed by atoms with E-state index in [1.54, 1.807) is 0 Å². The highest BCUT2D eigenvalue weighted by Crippen LogP contribution is 2.40. The maximum absolute atomic E-state index is 13.7. The molecule has 2 N–H and O–H groups in total. The maximum atomic E-state index is 13.7. The fraction of sp³-hybridized carbons (Fsp3) is 0.333. The fourth-order valence-corrected chi connectivity index (χ4v) is 2.93. The van der Waals surface area contributed by atoms with E-state index in [2.05, 4.69) is 0 Å². The van der Waals surface area contributed by atoms with Crippen molar-refractivity contribution in [1.82, 2.24) is 0 Å². The maximum Gasteiger partial charge on any atom is 0.416 e. The lowest BCUT2D eigenvalue weighted by Crippen LogP contribution is -2.39. The van der Waals surface area contributed by atoms with Gasteiger partial charge in [-0.15, -0.1) is 0 Å². The van der Waals surface area contributed by atoms with Gasteiger partial charge in [-0.25, -0.2) is 4.39 Å². The van der Waals surface area contributed by atoms with Crippen molar-refractivity contribution >= 4 is 17.6 Å². The molecule has 1 amide bonds. The molecule has 1 saturated heterocycles. The Hall–Kier alpha value is -2.42. The van der Waals surface area contributed by atoms with Gasteiger partial charge in [-0.3, -0.25) is 9.59 Å². The van der Waals surface area contributed by atoms with Crippen LogP contribution in [-0.2, 0) is 20.5 Å². The highest BCUT2D eigenvalue weighted by atomic mass is 19.4. The molecule has 0 unspecified atom stereocenters. The number of fused-ring (bicyclic) bond motifs is 2. The second-order valence-electron chi connectivity index (χ2n) is 5.52. The van der Waals surface area contributed by atoms with Crippen LogP contribution in [0.1, 0.15) is 5.56 Å². The molecule has 2 heterocycles. The minimum Gasteiger partial charge on any atom is -0.481 e. The third-order valence-electron chi connectivity index (χ3n) is 4.04. The number of halogens is 4. The number of carboxylic acid groups (broad SMARTS) is 1. The number of nitrogens with one attached hydrogen (secondary N) is 1. The summed E-state index contributed by atoms with van der Waals surface area (Å²) in [5, 5.41) is 11.3. The first-order valence-electron chi connectivity index (χ1n) is 6.92. The van der Waals surface area contributed by atoms with Crippen LogP contribution in [0, 0.1) is 17.7 Å². The lowest BCUT2D eigenvalue weighted by atomic mass is 9.82. The monoisotopic (exact) mass is 345 g/mol. The van der Waals surface area contributed by atoms with Gasteiger partial charge in [0.1, 0.15) is 11.7 Å². The number of alkyl halides is 3. The Morgan fingerprint density at radius 2 is 1.75 bits per heavy atom. The summed E-state index contributed by atoms with van der Waals surface area (Å²) in [6.45, 7) is 0. The van der Waals surface area contributed by atoms with E-state index in [9.17, 15) is 32.3 Å². The molecule has 4 atom stereocenters. The van der Waals surface area contributed by atoms with Gasteiger partial charge in [0.25, 0.3) is 0 Å². The Kier molecular flexibility index (Phi) is 3.83. The number of benzene rings is 1. The summed E-state index contributed by atoms with van der Waals surface area (Å²) >= 11 is 0. The third-order valence-corrected chi connectivity index (χ3v) is 4.04. The topological polar surface area (TPSA) is 75.6 Å². The van der Waals surface area contributed by atoms with Gasteiger partial charge < -0.3 is 15.2 Å². The molecule has 128 valence electrons. The SMILES string of the molecule is O=C(Nc1cc(C(F)(F)F)ccc1F)[C@@H]1[C@@H](C(=O)O)[C@H]2C=C[C@@H]1O2. The van der Waals surface area contributed by atoms with Gasteiger partial charge in [0.2, 0.25) is 5.91 Å². The molecule has 2 aliphatic heterocycles. The molecular formula is C15H11F4NO4. The molecular weight excluding hydrogens is 334 g/mol. The molecule has 0 saturated carbocycles. The van der Waals surface area contributed by atoms with E-state index in [1.165, 1.54) is 12.2 Å². The van der Waals surface area contributed by atoms with Crippen LogP contribution in [-0.4, -0.2) is 29.2 Å². The Bertz CT molecular complexity index is 731. The first-order valence-corrected chi connectivity index (χ1v) is 6.92. The minimum absolute atomic E-state index is 0.465. The van der Waals surface area contributed by atoms with E-state index in [-0.39, 0.29) is 0 Å². The molecule has 5 nitrogen and oxygen atoms in total. The number of anilines is 1. The summed E-state index contributed by atoms with van der Waals surface area (Å²) in [5.74, 6) is -5.54. The quantitative estimate of drug-likeness (QED) is 0.652. The smallest absolute Gasteiger partial charge is 0.416 e. The van der Waals surface area contributed by atoms with Gasteiger partial charge in [0.05, 0.1) is 29.4 Å². The highest BCUT2D eigenvalue weighted by Gasteiger charge is 2.53.